The number of aromatic nitrogens is 1. The van der Waals surface area contributed by atoms with E-state index < -0.39 is 0 Å². The Hall–Kier alpha value is -2.40. The molecule has 0 radical (unpaired) electrons. The summed E-state index contributed by atoms with van der Waals surface area (Å²) in [5, 5.41) is 6.21. The number of benzene rings is 1. The van der Waals surface area contributed by atoms with Crippen molar-refractivity contribution in [1.29, 1.82) is 0 Å². The minimum absolute atomic E-state index is 0.103. The predicted octanol–water partition coefficient (Wildman–Crippen LogP) is 3.52. The highest BCUT2D eigenvalue weighted by molar-refractivity contribution is 5.94. The highest BCUT2D eigenvalue weighted by atomic mass is 16.5. The number of methoxy groups -OCH3 is 1. The normalized spacial score (nSPS) is 10.5. The fourth-order valence-corrected chi connectivity index (χ4v) is 2.67. The van der Waals surface area contributed by atoms with Crippen molar-refractivity contribution in [1.82, 2.24) is 10.3 Å². The molecule has 2 rings (SSSR count). The van der Waals surface area contributed by atoms with Crippen LogP contribution >= 0.6 is 0 Å². The van der Waals surface area contributed by atoms with E-state index in [4.69, 9.17) is 4.74 Å². The molecular weight excluding hydrogens is 302 g/mol. The summed E-state index contributed by atoms with van der Waals surface area (Å²) in [4.78, 5) is 16.5. The molecule has 0 aliphatic rings. The van der Waals surface area contributed by atoms with Crippen molar-refractivity contribution >= 4 is 17.4 Å². The fourth-order valence-electron chi connectivity index (χ4n) is 2.67. The van der Waals surface area contributed by atoms with Crippen LogP contribution in [0, 0.1) is 20.8 Å². The van der Waals surface area contributed by atoms with Crippen LogP contribution < -0.4 is 10.6 Å². The largest absolute Gasteiger partial charge is 0.385 e. The van der Waals surface area contributed by atoms with Gasteiger partial charge in [-0.3, -0.25) is 4.79 Å². The molecule has 1 aromatic heterocycles. The average molecular weight is 327 g/mol. The zero-order valence-electron chi connectivity index (χ0n) is 14.8. The lowest BCUT2D eigenvalue weighted by Crippen LogP contribution is -2.25. The van der Waals surface area contributed by atoms with Gasteiger partial charge in [0, 0.05) is 37.7 Å². The number of hydrogen-bond acceptors (Lipinski definition) is 4. The molecule has 0 atom stereocenters. The first-order chi connectivity index (χ1) is 11.5. The van der Waals surface area contributed by atoms with Crippen molar-refractivity contribution in [3.63, 3.8) is 0 Å². The summed E-state index contributed by atoms with van der Waals surface area (Å²) in [6, 6.07) is 7.74. The third-order valence-electron chi connectivity index (χ3n) is 3.76. The average Bonchev–Trinajstić information content (AvgIpc) is 2.55. The molecule has 2 N–H and O–H groups in total. The highest BCUT2D eigenvalue weighted by Gasteiger charge is 2.09. The van der Waals surface area contributed by atoms with Crippen LogP contribution in [-0.2, 0) is 4.74 Å². The molecule has 1 amide bonds. The first-order valence-corrected chi connectivity index (χ1v) is 8.09. The lowest BCUT2D eigenvalue weighted by Gasteiger charge is -2.14. The second kappa shape index (κ2) is 8.45. The fraction of sp³-hybridized carbons (Fsp3) is 0.368. The minimum atomic E-state index is -0.103. The minimum Gasteiger partial charge on any atom is -0.385 e. The highest BCUT2D eigenvalue weighted by Crippen LogP contribution is 2.25. The van der Waals surface area contributed by atoms with Gasteiger partial charge >= 0.3 is 0 Å². The molecule has 0 saturated heterocycles. The maximum atomic E-state index is 12.2. The molecule has 24 heavy (non-hydrogen) atoms. The molecule has 128 valence electrons. The summed E-state index contributed by atoms with van der Waals surface area (Å²) in [5.41, 5.74) is 5.17. The van der Waals surface area contributed by atoms with E-state index in [0.717, 1.165) is 23.2 Å². The van der Waals surface area contributed by atoms with Crippen LogP contribution in [0.5, 0.6) is 0 Å². The van der Waals surface area contributed by atoms with E-state index in [0.29, 0.717) is 24.5 Å². The lowest BCUT2D eigenvalue weighted by atomic mass is 10.1. The number of rotatable bonds is 7. The number of pyridine rings is 1. The van der Waals surface area contributed by atoms with Crippen LogP contribution in [0.2, 0.25) is 0 Å². The first-order valence-electron chi connectivity index (χ1n) is 8.09. The smallest absolute Gasteiger partial charge is 0.251 e. The van der Waals surface area contributed by atoms with Crippen LogP contribution in [0.15, 0.2) is 30.5 Å². The molecule has 5 heteroatoms. The van der Waals surface area contributed by atoms with Crippen molar-refractivity contribution in [2.24, 2.45) is 0 Å². The molecule has 1 aromatic carbocycles. The molecule has 5 nitrogen and oxygen atoms in total. The second-order valence-electron chi connectivity index (χ2n) is 5.93. The number of aryl methyl sites for hydroxylation is 3. The number of ether oxygens (including phenoxy) is 1. The number of hydrogen-bond donors (Lipinski definition) is 2. The number of amides is 1. The third-order valence-corrected chi connectivity index (χ3v) is 3.76. The summed E-state index contributed by atoms with van der Waals surface area (Å²) in [6.45, 7) is 7.43. The molecular formula is C19H25N3O2. The van der Waals surface area contributed by atoms with Crippen molar-refractivity contribution in [2.75, 3.05) is 25.6 Å². The van der Waals surface area contributed by atoms with E-state index in [9.17, 15) is 4.79 Å². The first kappa shape index (κ1) is 17.9. The molecule has 0 aliphatic heterocycles. The van der Waals surface area contributed by atoms with E-state index in [1.54, 1.807) is 25.4 Å². The van der Waals surface area contributed by atoms with E-state index >= 15 is 0 Å². The molecule has 0 aliphatic carbocycles. The van der Waals surface area contributed by atoms with Gasteiger partial charge in [0.05, 0.1) is 0 Å². The Morgan fingerprint density at radius 1 is 1.17 bits per heavy atom. The summed E-state index contributed by atoms with van der Waals surface area (Å²) in [5.74, 6) is 0.559. The van der Waals surface area contributed by atoms with Gasteiger partial charge in [-0.1, -0.05) is 17.7 Å². The van der Waals surface area contributed by atoms with Gasteiger partial charge in [0.2, 0.25) is 0 Å². The van der Waals surface area contributed by atoms with Crippen LogP contribution in [0.25, 0.3) is 0 Å². The molecule has 2 aromatic rings. The maximum Gasteiger partial charge on any atom is 0.251 e. The number of nitrogens with one attached hydrogen (secondary N) is 2. The third kappa shape index (κ3) is 4.80. The standard InChI is InChI=1S/C19H25N3O2/c1-13-10-14(2)18(15(3)11-13)22-17-12-16(6-8-20-17)19(23)21-7-5-9-24-4/h6,8,10-12H,5,7,9H2,1-4H3,(H,20,22)(H,21,23). The van der Waals surface area contributed by atoms with Gasteiger partial charge in [0.25, 0.3) is 5.91 Å². The topological polar surface area (TPSA) is 63.2 Å². The Morgan fingerprint density at radius 3 is 2.54 bits per heavy atom. The van der Waals surface area contributed by atoms with Gasteiger partial charge in [-0.25, -0.2) is 4.98 Å². The zero-order chi connectivity index (χ0) is 17.5. The van der Waals surface area contributed by atoms with E-state index in [-0.39, 0.29) is 5.91 Å². The van der Waals surface area contributed by atoms with Gasteiger partial charge in [-0.05, 0) is 50.5 Å². The number of carbonyl (C=O) groups excluding carboxylic acids is 1. The number of anilines is 2. The van der Waals surface area contributed by atoms with Crippen molar-refractivity contribution in [3.8, 4) is 0 Å². The summed E-state index contributed by atoms with van der Waals surface area (Å²) in [6.07, 6.45) is 2.44. The van der Waals surface area contributed by atoms with Crippen molar-refractivity contribution < 1.29 is 9.53 Å². The lowest BCUT2D eigenvalue weighted by molar-refractivity contribution is 0.0948. The van der Waals surface area contributed by atoms with Crippen molar-refractivity contribution in [3.05, 3.63) is 52.7 Å². The van der Waals surface area contributed by atoms with Crippen LogP contribution in [0.4, 0.5) is 11.5 Å². The molecule has 0 saturated carbocycles. The molecule has 0 fully saturated rings. The SMILES string of the molecule is COCCCNC(=O)c1ccnc(Nc2c(C)cc(C)cc2C)c1. The van der Waals surface area contributed by atoms with Crippen LogP contribution in [-0.4, -0.2) is 31.2 Å². The molecule has 1 heterocycles. The molecule has 0 spiro atoms. The summed E-state index contributed by atoms with van der Waals surface area (Å²) in [7, 11) is 1.65. The Balaban J connectivity index is 2.09. The Morgan fingerprint density at radius 2 is 1.88 bits per heavy atom. The van der Waals surface area contributed by atoms with E-state index in [1.807, 2.05) is 0 Å². The van der Waals surface area contributed by atoms with Gasteiger partial charge < -0.3 is 15.4 Å². The van der Waals surface area contributed by atoms with Gasteiger partial charge in [-0.2, -0.15) is 0 Å². The van der Waals surface area contributed by atoms with Crippen LogP contribution in [0.3, 0.4) is 0 Å². The molecule has 0 unspecified atom stereocenters. The van der Waals surface area contributed by atoms with Crippen molar-refractivity contribution in [2.45, 2.75) is 27.2 Å². The Bertz CT molecular complexity index is 691. The van der Waals surface area contributed by atoms with Crippen LogP contribution in [0.1, 0.15) is 33.5 Å². The molecule has 0 bridgehead atoms. The zero-order valence-corrected chi connectivity index (χ0v) is 14.8. The Labute approximate surface area is 143 Å². The van der Waals surface area contributed by atoms with E-state index in [1.165, 1.54) is 5.56 Å². The Kier molecular flexibility index (Phi) is 6.32. The second-order valence-corrected chi connectivity index (χ2v) is 5.93. The quantitative estimate of drug-likeness (QED) is 0.764. The van der Waals surface area contributed by atoms with E-state index in [2.05, 4.69) is 48.5 Å². The monoisotopic (exact) mass is 327 g/mol. The summed E-state index contributed by atoms with van der Waals surface area (Å²) >= 11 is 0. The summed E-state index contributed by atoms with van der Waals surface area (Å²) < 4.78 is 4.97. The number of carbonyl (C=O) groups is 1. The van der Waals surface area contributed by atoms with Gasteiger partial charge in [0.15, 0.2) is 0 Å². The maximum absolute atomic E-state index is 12.2. The predicted molar refractivity (Wildman–Crippen MR) is 97.0 cm³/mol. The van der Waals surface area contributed by atoms with Gasteiger partial charge in [-0.15, -0.1) is 0 Å². The number of nitrogens with zero attached hydrogens (tertiary/aromatic N) is 1. The van der Waals surface area contributed by atoms with Gasteiger partial charge in [0.1, 0.15) is 5.82 Å².